The van der Waals surface area contributed by atoms with Crippen molar-refractivity contribution in [1.29, 1.82) is 0 Å². The average molecular weight is 449 g/mol. The molecule has 11 heteroatoms. The number of pyridine rings is 1. The number of nitrogens with one attached hydrogen (secondary N) is 1. The summed E-state index contributed by atoms with van der Waals surface area (Å²) in [5, 5.41) is 10.7. The van der Waals surface area contributed by atoms with Gasteiger partial charge < -0.3 is 5.32 Å². The van der Waals surface area contributed by atoms with E-state index in [9.17, 15) is 26.3 Å². The normalized spacial score (nSPS) is 12.9. The Bertz CT molecular complexity index is 1340. The van der Waals surface area contributed by atoms with Gasteiger partial charge >= 0.3 is 12.4 Å². The van der Waals surface area contributed by atoms with E-state index in [1.807, 2.05) is 0 Å². The van der Waals surface area contributed by atoms with Crippen molar-refractivity contribution in [3.8, 4) is 0 Å². The highest BCUT2D eigenvalue weighted by molar-refractivity contribution is 5.57. The van der Waals surface area contributed by atoms with E-state index in [0.717, 1.165) is 24.3 Å². The first-order valence-electron chi connectivity index (χ1n) is 9.12. The van der Waals surface area contributed by atoms with E-state index < -0.39 is 23.5 Å². The number of halogens is 6. The number of nitrogens with zero attached hydrogens (tertiary/aromatic N) is 4. The van der Waals surface area contributed by atoms with E-state index >= 15 is 0 Å². The molecule has 0 aliphatic carbocycles. The summed E-state index contributed by atoms with van der Waals surface area (Å²) in [6.07, 6.45) is -7.54. The van der Waals surface area contributed by atoms with E-state index in [-0.39, 0.29) is 22.7 Å². The van der Waals surface area contributed by atoms with Crippen molar-refractivity contribution in [2.75, 3.05) is 5.32 Å². The van der Waals surface area contributed by atoms with Gasteiger partial charge in [0.25, 0.3) is 0 Å². The second-order valence-electron chi connectivity index (χ2n) is 6.66. The van der Waals surface area contributed by atoms with Crippen LogP contribution in [0, 0.1) is 0 Å². The number of rotatable bonds is 3. The van der Waals surface area contributed by atoms with Crippen LogP contribution in [-0.2, 0) is 12.4 Å². The maximum absolute atomic E-state index is 13.1. The molecule has 0 fully saturated rings. The molecule has 0 aliphatic rings. The van der Waals surface area contributed by atoms with Crippen LogP contribution in [0.1, 0.15) is 11.1 Å². The molecule has 2 aromatic carbocycles. The van der Waals surface area contributed by atoms with Gasteiger partial charge in [-0.2, -0.15) is 26.3 Å². The van der Waals surface area contributed by atoms with Crippen LogP contribution in [0.4, 0.5) is 43.5 Å². The van der Waals surface area contributed by atoms with Crippen LogP contribution in [0.25, 0.3) is 5.65 Å². The second-order valence-corrected chi connectivity index (χ2v) is 6.66. The van der Waals surface area contributed by atoms with Crippen LogP contribution in [0.3, 0.4) is 0 Å². The third-order valence-corrected chi connectivity index (χ3v) is 4.39. The van der Waals surface area contributed by atoms with Gasteiger partial charge in [0.1, 0.15) is 0 Å². The van der Waals surface area contributed by atoms with E-state index in [0.29, 0.717) is 5.65 Å². The Morgan fingerprint density at radius 3 is 2.16 bits per heavy atom. The van der Waals surface area contributed by atoms with Gasteiger partial charge in [0.05, 0.1) is 16.8 Å². The highest BCUT2D eigenvalue weighted by Gasteiger charge is 2.31. The minimum atomic E-state index is -4.56. The largest absolute Gasteiger partial charge is 0.416 e. The van der Waals surface area contributed by atoms with Crippen LogP contribution in [0.2, 0.25) is 0 Å². The summed E-state index contributed by atoms with van der Waals surface area (Å²) < 4.78 is 79.9. The monoisotopic (exact) mass is 449 g/mol. The Morgan fingerprint density at radius 1 is 0.750 bits per heavy atom. The number of hydrogen-bond donors (Lipinski definition) is 1. The number of alkyl halides is 6. The Kier molecular flexibility index (Phi) is 5.33. The second kappa shape index (κ2) is 7.98. The highest BCUT2D eigenvalue weighted by atomic mass is 19.4. The molecular weight excluding hydrogens is 436 g/mol. The van der Waals surface area contributed by atoms with Gasteiger partial charge in [0.2, 0.25) is 0 Å². The zero-order valence-electron chi connectivity index (χ0n) is 16.0. The van der Waals surface area contributed by atoms with Gasteiger partial charge in [-0.15, -0.1) is 10.2 Å². The fourth-order valence-corrected chi connectivity index (χ4v) is 2.93. The first kappa shape index (κ1) is 21.3. The first-order valence-corrected chi connectivity index (χ1v) is 9.12. The zero-order valence-corrected chi connectivity index (χ0v) is 16.0. The standard InChI is InChI=1S/C21H13F6N5/c22-20(23,24)13-5-3-7-15(11-13)28-18-19(32-10-2-1-9-17(32)30-31-18)29-16-8-4-6-14(12-16)21(25,26)27/h1-12H,(H,28,31). The van der Waals surface area contributed by atoms with Crippen LogP contribution >= 0.6 is 0 Å². The van der Waals surface area contributed by atoms with Gasteiger partial charge in [-0.1, -0.05) is 18.2 Å². The molecule has 2 heterocycles. The number of aromatic nitrogens is 3. The van der Waals surface area contributed by atoms with E-state index in [1.165, 1.54) is 28.7 Å². The van der Waals surface area contributed by atoms with Crippen molar-refractivity contribution in [2.45, 2.75) is 12.4 Å². The van der Waals surface area contributed by atoms with Crippen molar-refractivity contribution in [2.24, 2.45) is 4.99 Å². The molecule has 1 N–H and O–H groups in total. The van der Waals surface area contributed by atoms with Crippen molar-refractivity contribution in [3.05, 3.63) is 89.5 Å². The molecule has 2 aromatic heterocycles. The van der Waals surface area contributed by atoms with Gasteiger partial charge in [-0.25, -0.2) is 4.99 Å². The maximum Gasteiger partial charge on any atom is 0.416 e. The van der Waals surface area contributed by atoms with Crippen LogP contribution in [0.5, 0.6) is 0 Å². The Labute approximate surface area is 176 Å². The third kappa shape index (κ3) is 4.56. The molecule has 0 saturated heterocycles. The molecule has 0 saturated carbocycles. The SMILES string of the molecule is FC(F)(F)c1cccc(N=c2c(Nc3cccc(C(F)(F)F)c3)nnc3ccccn23)c1. The molecule has 0 atom stereocenters. The fourth-order valence-electron chi connectivity index (χ4n) is 2.93. The van der Waals surface area contributed by atoms with Gasteiger partial charge in [-0.3, -0.25) is 4.40 Å². The Hall–Kier alpha value is -3.89. The summed E-state index contributed by atoms with van der Waals surface area (Å²) in [6.45, 7) is 0. The zero-order chi connectivity index (χ0) is 22.9. The fraction of sp³-hybridized carbons (Fsp3) is 0.0952. The average Bonchev–Trinajstić information content (AvgIpc) is 2.75. The molecular formula is C21H13F6N5. The molecule has 0 radical (unpaired) electrons. The third-order valence-electron chi connectivity index (χ3n) is 4.39. The van der Waals surface area contributed by atoms with E-state index in [4.69, 9.17) is 0 Å². The first-order chi connectivity index (χ1) is 15.1. The van der Waals surface area contributed by atoms with Crippen molar-refractivity contribution < 1.29 is 26.3 Å². The van der Waals surface area contributed by atoms with Crippen LogP contribution in [0.15, 0.2) is 77.9 Å². The highest BCUT2D eigenvalue weighted by Crippen LogP contribution is 2.32. The van der Waals surface area contributed by atoms with Gasteiger partial charge in [-0.05, 0) is 48.5 Å². The minimum absolute atomic E-state index is 0.0161. The molecule has 5 nitrogen and oxygen atoms in total. The maximum atomic E-state index is 13.1. The van der Waals surface area contributed by atoms with Crippen LogP contribution < -0.4 is 10.8 Å². The van der Waals surface area contributed by atoms with E-state index in [1.54, 1.807) is 24.4 Å². The molecule has 4 rings (SSSR count). The molecule has 0 spiro atoms. The minimum Gasteiger partial charge on any atom is -0.336 e. The van der Waals surface area contributed by atoms with Crippen LogP contribution in [-0.4, -0.2) is 14.6 Å². The number of anilines is 2. The van der Waals surface area contributed by atoms with Crippen molar-refractivity contribution in [1.82, 2.24) is 14.6 Å². The summed E-state index contributed by atoms with van der Waals surface area (Å²) in [6, 6.07) is 13.7. The Morgan fingerprint density at radius 2 is 1.44 bits per heavy atom. The molecule has 164 valence electrons. The molecule has 32 heavy (non-hydrogen) atoms. The molecule has 0 unspecified atom stereocenters. The summed E-state index contributed by atoms with van der Waals surface area (Å²) in [5.74, 6) is -0.0366. The number of hydrogen-bond acceptors (Lipinski definition) is 4. The van der Waals surface area contributed by atoms with E-state index in [2.05, 4.69) is 20.5 Å². The lowest BCUT2D eigenvalue weighted by molar-refractivity contribution is -0.138. The summed E-state index contributed by atoms with van der Waals surface area (Å²) >= 11 is 0. The smallest absolute Gasteiger partial charge is 0.336 e. The number of benzene rings is 2. The Balaban J connectivity index is 1.87. The van der Waals surface area contributed by atoms with Gasteiger partial charge in [0.15, 0.2) is 17.0 Å². The summed E-state index contributed by atoms with van der Waals surface area (Å²) in [5.41, 5.74) is -1.31. The molecule has 4 aromatic rings. The number of fused-ring (bicyclic) bond motifs is 1. The summed E-state index contributed by atoms with van der Waals surface area (Å²) in [7, 11) is 0. The lowest BCUT2D eigenvalue weighted by Crippen LogP contribution is -2.22. The van der Waals surface area contributed by atoms with Crippen molar-refractivity contribution in [3.63, 3.8) is 0 Å². The molecule has 0 bridgehead atoms. The summed E-state index contributed by atoms with van der Waals surface area (Å²) in [4.78, 5) is 4.29. The molecule has 0 aliphatic heterocycles. The lowest BCUT2D eigenvalue weighted by atomic mass is 10.2. The molecule has 0 amide bonds. The van der Waals surface area contributed by atoms with Crippen molar-refractivity contribution >= 4 is 22.8 Å². The predicted molar refractivity (Wildman–Crippen MR) is 104 cm³/mol. The quantitative estimate of drug-likeness (QED) is 0.406. The van der Waals surface area contributed by atoms with Gasteiger partial charge in [0, 0.05) is 11.9 Å². The predicted octanol–water partition coefficient (Wildman–Crippen LogP) is 5.74. The lowest BCUT2D eigenvalue weighted by Gasteiger charge is -2.11. The topological polar surface area (TPSA) is 54.6 Å².